The molecule has 106 valence electrons. The maximum absolute atomic E-state index is 11.7. The molecule has 1 rings (SSSR count). The number of likely N-dealkylation sites (tertiary alicyclic amines) is 1. The molecule has 0 saturated carbocycles. The Morgan fingerprint density at radius 3 is 2.50 bits per heavy atom. The summed E-state index contributed by atoms with van der Waals surface area (Å²) in [6.45, 7) is 7.84. The highest BCUT2D eigenvalue weighted by Crippen LogP contribution is 2.22. The van der Waals surface area contributed by atoms with E-state index in [2.05, 4.69) is 24.1 Å². The van der Waals surface area contributed by atoms with Crippen LogP contribution in [-0.2, 0) is 9.53 Å². The number of rotatable bonds is 6. The van der Waals surface area contributed by atoms with E-state index >= 15 is 0 Å². The van der Waals surface area contributed by atoms with Crippen molar-refractivity contribution in [3.63, 3.8) is 0 Å². The van der Waals surface area contributed by atoms with E-state index in [0.29, 0.717) is 18.7 Å². The first-order valence-corrected chi connectivity index (χ1v) is 7.19. The predicted octanol–water partition coefficient (Wildman–Crippen LogP) is 1.79. The lowest BCUT2D eigenvalue weighted by Gasteiger charge is -2.39. The van der Waals surface area contributed by atoms with Gasteiger partial charge in [-0.1, -0.05) is 6.42 Å². The van der Waals surface area contributed by atoms with E-state index in [1.54, 1.807) is 0 Å². The summed E-state index contributed by atoms with van der Waals surface area (Å²) in [7, 11) is 1.82. The molecule has 4 heteroatoms. The third-order valence-corrected chi connectivity index (χ3v) is 3.97. The lowest BCUT2D eigenvalue weighted by atomic mass is 9.97. The number of carbonyl (C=O) groups is 1. The molecule has 0 aromatic rings. The Hall–Kier alpha value is -0.610. The predicted molar refractivity (Wildman–Crippen MR) is 73.6 cm³/mol. The molecule has 4 nitrogen and oxygen atoms in total. The summed E-state index contributed by atoms with van der Waals surface area (Å²) >= 11 is 0. The van der Waals surface area contributed by atoms with Gasteiger partial charge in [0.2, 0.25) is 0 Å². The van der Waals surface area contributed by atoms with Crippen LogP contribution in [0.5, 0.6) is 0 Å². The van der Waals surface area contributed by atoms with Crippen LogP contribution in [0, 0.1) is 0 Å². The van der Waals surface area contributed by atoms with Crippen molar-refractivity contribution >= 4 is 5.97 Å². The Kier molecular flexibility index (Phi) is 6.65. The van der Waals surface area contributed by atoms with Gasteiger partial charge in [-0.05, 0) is 47.1 Å². The van der Waals surface area contributed by atoms with Crippen LogP contribution < -0.4 is 5.32 Å². The molecular formula is C14H28N2O2. The summed E-state index contributed by atoms with van der Waals surface area (Å²) in [5, 5.41) is 3.05. The van der Waals surface area contributed by atoms with Gasteiger partial charge in [-0.15, -0.1) is 0 Å². The summed E-state index contributed by atoms with van der Waals surface area (Å²) in [5.74, 6) is -0.127. The van der Waals surface area contributed by atoms with Crippen LogP contribution in [0.25, 0.3) is 0 Å². The van der Waals surface area contributed by atoms with Gasteiger partial charge >= 0.3 is 5.97 Å². The van der Waals surface area contributed by atoms with Gasteiger partial charge in [0.25, 0.3) is 0 Å². The van der Waals surface area contributed by atoms with Crippen molar-refractivity contribution in [1.82, 2.24) is 10.2 Å². The summed E-state index contributed by atoms with van der Waals surface area (Å²) in [6.07, 6.45) is 4.69. The fourth-order valence-electron chi connectivity index (χ4n) is 2.82. The zero-order valence-electron chi connectivity index (χ0n) is 12.2. The average Bonchev–Trinajstić information content (AvgIpc) is 2.33. The molecule has 18 heavy (non-hydrogen) atoms. The van der Waals surface area contributed by atoms with Gasteiger partial charge in [0, 0.05) is 18.6 Å². The van der Waals surface area contributed by atoms with Crippen molar-refractivity contribution in [2.24, 2.45) is 0 Å². The van der Waals surface area contributed by atoms with E-state index in [1.807, 2.05) is 14.0 Å². The van der Waals surface area contributed by atoms with Crippen LogP contribution >= 0.6 is 0 Å². The Balaban J connectivity index is 2.43. The van der Waals surface area contributed by atoms with Gasteiger partial charge in [0.15, 0.2) is 0 Å². The van der Waals surface area contributed by atoms with Crippen molar-refractivity contribution in [2.75, 3.05) is 20.2 Å². The zero-order valence-corrected chi connectivity index (χ0v) is 12.2. The fourth-order valence-corrected chi connectivity index (χ4v) is 2.82. The zero-order chi connectivity index (χ0) is 13.5. The van der Waals surface area contributed by atoms with Gasteiger partial charge in [-0.25, -0.2) is 0 Å². The van der Waals surface area contributed by atoms with E-state index in [1.165, 1.54) is 19.3 Å². The number of likely N-dealkylation sites (N-methyl/N-ethyl adjacent to an activating group) is 1. The number of ether oxygens (including phenoxy) is 1. The first-order valence-electron chi connectivity index (χ1n) is 7.19. The maximum atomic E-state index is 11.7. The van der Waals surface area contributed by atoms with Gasteiger partial charge < -0.3 is 10.1 Å². The smallest absolute Gasteiger partial charge is 0.323 e. The van der Waals surface area contributed by atoms with Gasteiger partial charge in [0.1, 0.15) is 6.04 Å². The maximum Gasteiger partial charge on any atom is 0.323 e. The molecule has 0 radical (unpaired) electrons. The minimum absolute atomic E-state index is 0.127. The quantitative estimate of drug-likeness (QED) is 0.736. The summed E-state index contributed by atoms with van der Waals surface area (Å²) in [6, 6.07) is 1.09. The SMILES string of the molecule is CCOC(=O)C(CCN1C(C)CCCC1C)NC. The summed E-state index contributed by atoms with van der Waals surface area (Å²) < 4.78 is 5.07. The number of carbonyl (C=O) groups excluding carboxylic acids is 1. The Bertz CT molecular complexity index is 248. The first kappa shape index (κ1) is 15.4. The molecule has 1 aliphatic heterocycles. The molecule has 3 unspecified atom stereocenters. The average molecular weight is 256 g/mol. The van der Waals surface area contributed by atoms with E-state index in [-0.39, 0.29) is 12.0 Å². The van der Waals surface area contributed by atoms with E-state index in [0.717, 1.165) is 13.0 Å². The minimum Gasteiger partial charge on any atom is -0.465 e. The monoisotopic (exact) mass is 256 g/mol. The Labute approximate surface area is 111 Å². The van der Waals surface area contributed by atoms with E-state index in [4.69, 9.17) is 4.74 Å². The van der Waals surface area contributed by atoms with Crippen LogP contribution in [0.1, 0.15) is 46.5 Å². The third-order valence-electron chi connectivity index (χ3n) is 3.97. The second-order valence-corrected chi connectivity index (χ2v) is 5.25. The molecule has 1 fully saturated rings. The molecule has 3 atom stereocenters. The normalized spacial score (nSPS) is 26.9. The largest absolute Gasteiger partial charge is 0.465 e. The number of hydrogen-bond acceptors (Lipinski definition) is 4. The number of hydrogen-bond donors (Lipinski definition) is 1. The van der Waals surface area contributed by atoms with Gasteiger partial charge in [-0.3, -0.25) is 9.69 Å². The summed E-state index contributed by atoms with van der Waals surface area (Å²) in [5.41, 5.74) is 0. The molecule has 0 amide bonds. The number of esters is 1. The van der Waals surface area contributed by atoms with Crippen LogP contribution in [0.15, 0.2) is 0 Å². The minimum atomic E-state index is -0.175. The van der Waals surface area contributed by atoms with Crippen molar-refractivity contribution in [1.29, 1.82) is 0 Å². The van der Waals surface area contributed by atoms with Crippen molar-refractivity contribution < 1.29 is 9.53 Å². The lowest BCUT2D eigenvalue weighted by molar-refractivity contribution is -0.145. The van der Waals surface area contributed by atoms with Crippen LogP contribution in [0.4, 0.5) is 0 Å². The molecule has 0 bridgehead atoms. The van der Waals surface area contributed by atoms with Crippen LogP contribution in [0.2, 0.25) is 0 Å². The fraction of sp³-hybridized carbons (Fsp3) is 0.929. The third kappa shape index (κ3) is 4.25. The Morgan fingerprint density at radius 1 is 1.39 bits per heavy atom. The topological polar surface area (TPSA) is 41.6 Å². The lowest BCUT2D eigenvalue weighted by Crippen LogP contribution is -2.47. The van der Waals surface area contributed by atoms with Crippen LogP contribution in [-0.4, -0.2) is 49.2 Å². The molecule has 1 aliphatic rings. The van der Waals surface area contributed by atoms with Gasteiger partial charge in [-0.2, -0.15) is 0 Å². The molecule has 0 aromatic heterocycles. The van der Waals surface area contributed by atoms with Crippen LogP contribution in [0.3, 0.4) is 0 Å². The van der Waals surface area contributed by atoms with Crippen molar-refractivity contribution in [3.05, 3.63) is 0 Å². The molecule has 0 aliphatic carbocycles. The van der Waals surface area contributed by atoms with Gasteiger partial charge in [0.05, 0.1) is 6.61 Å². The number of piperidine rings is 1. The van der Waals surface area contributed by atoms with Crippen molar-refractivity contribution in [3.8, 4) is 0 Å². The van der Waals surface area contributed by atoms with E-state index in [9.17, 15) is 4.79 Å². The number of nitrogens with zero attached hydrogens (tertiary/aromatic N) is 1. The molecule has 0 aromatic carbocycles. The second-order valence-electron chi connectivity index (χ2n) is 5.25. The number of nitrogens with one attached hydrogen (secondary N) is 1. The molecule has 0 spiro atoms. The highest BCUT2D eigenvalue weighted by molar-refractivity contribution is 5.75. The standard InChI is InChI=1S/C14H28N2O2/c1-5-18-14(17)13(15-4)9-10-16-11(2)7-6-8-12(16)3/h11-13,15H,5-10H2,1-4H3. The molecule has 1 saturated heterocycles. The highest BCUT2D eigenvalue weighted by Gasteiger charge is 2.26. The molecular weight excluding hydrogens is 228 g/mol. The highest BCUT2D eigenvalue weighted by atomic mass is 16.5. The van der Waals surface area contributed by atoms with E-state index < -0.39 is 0 Å². The molecule has 1 heterocycles. The second kappa shape index (κ2) is 7.74. The van der Waals surface area contributed by atoms with Crippen molar-refractivity contribution in [2.45, 2.75) is 64.6 Å². The summed E-state index contributed by atoms with van der Waals surface area (Å²) in [4.78, 5) is 14.2. The Morgan fingerprint density at radius 2 is 2.00 bits per heavy atom. The first-order chi connectivity index (χ1) is 8.60. The molecule has 1 N–H and O–H groups in total.